The molecule has 1 aliphatic heterocycles. The third-order valence-electron chi connectivity index (χ3n) is 4.57. The first-order valence-corrected chi connectivity index (χ1v) is 9.28. The zero-order valence-electron chi connectivity index (χ0n) is 15.9. The zero-order chi connectivity index (χ0) is 18.4. The molecule has 3 rings (SSSR count). The second kappa shape index (κ2) is 8.80. The minimum Gasteiger partial charge on any atom is -0.352 e. The summed E-state index contributed by atoms with van der Waals surface area (Å²) in [7, 11) is 1.85. The van der Waals surface area contributed by atoms with E-state index in [1.54, 1.807) is 0 Å². The number of H-pyrrole nitrogens is 1. The van der Waals surface area contributed by atoms with Gasteiger partial charge in [0.1, 0.15) is 6.33 Å². The van der Waals surface area contributed by atoms with Crippen molar-refractivity contribution in [3.05, 3.63) is 36.2 Å². The van der Waals surface area contributed by atoms with E-state index in [0.29, 0.717) is 0 Å². The van der Waals surface area contributed by atoms with Crippen molar-refractivity contribution in [1.29, 1.82) is 0 Å². The number of aromatic nitrogens is 3. The summed E-state index contributed by atoms with van der Waals surface area (Å²) in [6, 6.07) is 8.32. The van der Waals surface area contributed by atoms with Gasteiger partial charge >= 0.3 is 0 Å². The van der Waals surface area contributed by atoms with Crippen LogP contribution in [0.2, 0.25) is 0 Å². The van der Waals surface area contributed by atoms with E-state index < -0.39 is 0 Å². The van der Waals surface area contributed by atoms with Crippen LogP contribution in [0.4, 0.5) is 0 Å². The van der Waals surface area contributed by atoms with Gasteiger partial charge in [-0.1, -0.05) is 32.0 Å². The van der Waals surface area contributed by atoms with Crippen molar-refractivity contribution in [1.82, 2.24) is 30.3 Å². The van der Waals surface area contributed by atoms with Gasteiger partial charge in [-0.2, -0.15) is 5.10 Å². The van der Waals surface area contributed by atoms with E-state index in [1.807, 2.05) is 19.2 Å². The Bertz CT molecular complexity index is 700. The standard InChI is InChI=1S/C19H29N7/c1-15(2)13-25-7-9-26(10-8-25)19(20-3)21-12-16-5-4-6-17(11-16)18-22-14-23-24-18/h4-6,11,14-15H,7-10,12-13H2,1-3H3,(H,20,21)(H,22,23,24). The summed E-state index contributed by atoms with van der Waals surface area (Å²) < 4.78 is 0. The van der Waals surface area contributed by atoms with Crippen molar-refractivity contribution in [2.75, 3.05) is 39.8 Å². The van der Waals surface area contributed by atoms with Crippen LogP contribution >= 0.6 is 0 Å². The number of guanidine groups is 1. The Morgan fingerprint density at radius 3 is 2.73 bits per heavy atom. The molecule has 1 saturated heterocycles. The minimum atomic E-state index is 0.718. The predicted octanol–water partition coefficient (Wildman–Crippen LogP) is 1.82. The topological polar surface area (TPSA) is 72.4 Å². The summed E-state index contributed by atoms with van der Waals surface area (Å²) in [5.74, 6) is 2.48. The van der Waals surface area contributed by atoms with Crippen LogP contribution in [-0.4, -0.2) is 70.7 Å². The first-order valence-electron chi connectivity index (χ1n) is 9.28. The van der Waals surface area contributed by atoms with Gasteiger partial charge in [0.15, 0.2) is 11.8 Å². The number of hydrogen-bond donors (Lipinski definition) is 2. The van der Waals surface area contributed by atoms with Gasteiger partial charge < -0.3 is 10.2 Å². The second-order valence-corrected chi connectivity index (χ2v) is 7.12. The van der Waals surface area contributed by atoms with E-state index in [4.69, 9.17) is 0 Å². The van der Waals surface area contributed by atoms with E-state index in [9.17, 15) is 0 Å². The molecule has 0 bridgehead atoms. The molecule has 0 spiro atoms. The van der Waals surface area contributed by atoms with E-state index in [1.165, 1.54) is 18.4 Å². The Morgan fingerprint density at radius 2 is 2.08 bits per heavy atom. The Balaban J connectivity index is 1.54. The number of hydrogen-bond acceptors (Lipinski definition) is 4. The smallest absolute Gasteiger partial charge is 0.194 e. The lowest BCUT2D eigenvalue weighted by Gasteiger charge is -2.37. The molecule has 0 atom stereocenters. The molecule has 0 radical (unpaired) electrons. The highest BCUT2D eigenvalue weighted by atomic mass is 15.3. The molecule has 0 saturated carbocycles. The highest BCUT2D eigenvalue weighted by molar-refractivity contribution is 5.80. The molecule has 0 aliphatic carbocycles. The average molecular weight is 355 g/mol. The molecule has 2 heterocycles. The summed E-state index contributed by atoms with van der Waals surface area (Å²) in [6.07, 6.45) is 1.53. The van der Waals surface area contributed by atoms with Crippen LogP contribution in [0, 0.1) is 5.92 Å². The van der Waals surface area contributed by atoms with Gasteiger partial charge in [-0.3, -0.25) is 15.0 Å². The Labute approximate surface area is 155 Å². The van der Waals surface area contributed by atoms with Crippen molar-refractivity contribution < 1.29 is 0 Å². The second-order valence-electron chi connectivity index (χ2n) is 7.12. The molecule has 1 aromatic heterocycles. The first-order chi connectivity index (χ1) is 12.7. The van der Waals surface area contributed by atoms with Crippen LogP contribution in [-0.2, 0) is 6.54 Å². The maximum Gasteiger partial charge on any atom is 0.194 e. The van der Waals surface area contributed by atoms with Crippen molar-refractivity contribution in [3.8, 4) is 11.4 Å². The molecule has 1 aliphatic rings. The fourth-order valence-corrected chi connectivity index (χ4v) is 3.35. The lowest BCUT2D eigenvalue weighted by molar-refractivity contribution is 0.164. The summed E-state index contributed by atoms with van der Waals surface area (Å²) in [5, 5.41) is 10.3. The summed E-state index contributed by atoms with van der Waals surface area (Å²) >= 11 is 0. The van der Waals surface area contributed by atoms with Gasteiger partial charge in [-0.15, -0.1) is 0 Å². The Morgan fingerprint density at radius 1 is 1.27 bits per heavy atom. The van der Waals surface area contributed by atoms with E-state index in [0.717, 1.165) is 56.0 Å². The molecule has 7 nitrogen and oxygen atoms in total. The molecule has 1 fully saturated rings. The fourth-order valence-electron chi connectivity index (χ4n) is 3.35. The summed E-state index contributed by atoms with van der Waals surface area (Å²) in [4.78, 5) is 13.6. The highest BCUT2D eigenvalue weighted by Gasteiger charge is 2.19. The van der Waals surface area contributed by atoms with Gasteiger partial charge in [0.05, 0.1) is 0 Å². The summed E-state index contributed by atoms with van der Waals surface area (Å²) in [5.41, 5.74) is 2.23. The lowest BCUT2D eigenvalue weighted by atomic mass is 10.1. The lowest BCUT2D eigenvalue weighted by Crippen LogP contribution is -2.52. The average Bonchev–Trinajstić information content (AvgIpc) is 3.18. The number of rotatable bonds is 5. The molecular formula is C19H29N7. The third kappa shape index (κ3) is 4.82. The van der Waals surface area contributed by atoms with E-state index in [-0.39, 0.29) is 0 Å². The maximum absolute atomic E-state index is 4.47. The van der Waals surface area contributed by atoms with Crippen LogP contribution in [0.25, 0.3) is 11.4 Å². The van der Waals surface area contributed by atoms with Crippen molar-refractivity contribution in [2.24, 2.45) is 10.9 Å². The van der Waals surface area contributed by atoms with Crippen LogP contribution in [0.5, 0.6) is 0 Å². The SMILES string of the molecule is CN=C(NCc1cccc(-c2ncn[nH]2)c1)N1CCN(CC(C)C)CC1. The molecule has 2 aromatic rings. The van der Waals surface area contributed by atoms with Gasteiger partial charge in [0, 0.05) is 51.9 Å². The molecule has 1 aromatic carbocycles. The molecular weight excluding hydrogens is 326 g/mol. The molecule has 26 heavy (non-hydrogen) atoms. The quantitative estimate of drug-likeness (QED) is 0.632. The van der Waals surface area contributed by atoms with E-state index >= 15 is 0 Å². The van der Waals surface area contributed by atoms with Crippen LogP contribution in [0.1, 0.15) is 19.4 Å². The predicted molar refractivity (Wildman–Crippen MR) is 105 cm³/mol. The van der Waals surface area contributed by atoms with Crippen LogP contribution in [0.15, 0.2) is 35.6 Å². The number of nitrogens with one attached hydrogen (secondary N) is 2. The number of aromatic amines is 1. The first kappa shape index (κ1) is 18.4. The van der Waals surface area contributed by atoms with Gasteiger partial charge in [0.25, 0.3) is 0 Å². The monoisotopic (exact) mass is 355 g/mol. The normalized spacial score (nSPS) is 16.3. The van der Waals surface area contributed by atoms with Gasteiger partial charge in [-0.25, -0.2) is 4.98 Å². The molecule has 140 valence electrons. The fraction of sp³-hybridized carbons (Fsp3) is 0.526. The van der Waals surface area contributed by atoms with E-state index in [2.05, 4.69) is 61.3 Å². The highest BCUT2D eigenvalue weighted by Crippen LogP contribution is 2.15. The van der Waals surface area contributed by atoms with Crippen molar-refractivity contribution >= 4 is 5.96 Å². The van der Waals surface area contributed by atoms with Crippen LogP contribution < -0.4 is 5.32 Å². The maximum atomic E-state index is 4.47. The number of aliphatic imine (C=N–C) groups is 1. The molecule has 0 unspecified atom stereocenters. The molecule has 7 heteroatoms. The zero-order valence-corrected chi connectivity index (χ0v) is 15.9. The largest absolute Gasteiger partial charge is 0.352 e. The summed E-state index contributed by atoms with van der Waals surface area (Å²) in [6.45, 7) is 10.7. The van der Waals surface area contributed by atoms with Crippen molar-refractivity contribution in [3.63, 3.8) is 0 Å². The van der Waals surface area contributed by atoms with Crippen molar-refractivity contribution in [2.45, 2.75) is 20.4 Å². The molecule has 0 amide bonds. The minimum absolute atomic E-state index is 0.718. The molecule has 2 N–H and O–H groups in total. The van der Waals surface area contributed by atoms with Gasteiger partial charge in [0.2, 0.25) is 0 Å². The Hall–Kier alpha value is -2.41. The van der Waals surface area contributed by atoms with Crippen LogP contribution in [0.3, 0.4) is 0 Å². The van der Waals surface area contributed by atoms with Gasteiger partial charge in [-0.05, 0) is 17.5 Å². The number of benzene rings is 1. The Kier molecular flexibility index (Phi) is 6.22. The third-order valence-corrected chi connectivity index (χ3v) is 4.57. The number of nitrogens with zero attached hydrogens (tertiary/aromatic N) is 5. The number of piperazine rings is 1.